The predicted octanol–water partition coefficient (Wildman–Crippen LogP) is 11.6. The second-order valence-electron chi connectivity index (χ2n) is 14.8. The minimum atomic E-state index is 0.744. The zero-order valence-electron chi connectivity index (χ0n) is 32.0. The van der Waals surface area contributed by atoms with Gasteiger partial charge in [-0.25, -0.2) is 9.98 Å². The van der Waals surface area contributed by atoms with E-state index in [9.17, 15) is 0 Å². The van der Waals surface area contributed by atoms with Gasteiger partial charge in [0.1, 0.15) is 10.8 Å². The van der Waals surface area contributed by atoms with Crippen LogP contribution in [0.3, 0.4) is 0 Å². The van der Waals surface area contributed by atoms with Crippen molar-refractivity contribution < 1.29 is 4.42 Å². The molecule has 0 saturated carbocycles. The molecule has 0 unspecified atom stereocenters. The number of aryl methyl sites for hydroxylation is 3. The van der Waals surface area contributed by atoms with Gasteiger partial charge < -0.3 is 4.42 Å². The van der Waals surface area contributed by atoms with Gasteiger partial charge in [-0.2, -0.15) is 0 Å². The summed E-state index contributed by atoms with van der Waals surface area (Å²) < 4.78 is 7.01. The molecule has 272 valence electrons. The van der Waals surface area contributed by atoms with Crippen LogP contribution >= 0.6 is 11.3 Å². The smallest absolute Gasteiger partial charge is 0.137 e. The molecule has 0 N–H and O–H groups in total. The number of fused-ring (bicyclic) bond motifs is 9. The first-order valence-corrected chi connectivity index (χ1v) is 20.1. The number of rotatable bonds is 4. The third-order valence-electron chi connectivity index (χ3n) is 10.8. The fourth-order valence-corrected chi connectivity index (χ4v) is 8.90. The Morgan fingerprint density at radius 3 is 1.39 bits per heavy atom. The predicted molar refractivity (Wildman–Crippen MR) is 238 cm³/mol. The molecule has 4 heteroatoms. The number of hydrogen-bond donors (Lipinski definition) is 0. The van der Waals surface area contributed by atoms with Crippen molar-refractivity contribution in [3.05, 3.63) is 248 Å². The van der Waals surface area contributed by atoms with E-state index in [0.29, 0.717) is 0 Å². The largest absolute Gasteiger partial charge is 0.456 e. The summed E-state index contributed by atoms with van der Waals surface area (Å²) in [6.45, 7) is 6.36. The lowest BCUT2D eigenvalue weighted by molar-refractivity contribution is 0.500. The highest BCUT2D eigenvalue weighted by molar-refractivity contribution is 7.16. The van der Waals surface area contributed by atoms with Crippen molar-refractivity contribution in [1.82, 2.24) is 0 Å². The Morgan fingerprint density at radius 2 is 0.825 bits per heavy atom. The van der Waals surface area contributed by atoms with Crippen LogP contribution in [-0.4, -0.2) is 11.4 Å². The molecule has 2 aromatic heterocycles. The molecule has 0 amide bonds. The quantitative estimate of drug-likeness (QED) is 0.177. The highest BCUT2D eigenvalue weighted by Crippen LogP contribution is 2.40. The fourth-order valence-electron chi connectivity index (χ4n) is 7.82. The van der Waals surface area contributed by atoms with Gasteiger partial charge in [0, 0.05) is 20.9 Å². The van der Waals surface area contributed by atoms with Crippen LogP contribution in [-0.2, 0) is 0 Å². The van der Waals surface area contributed by atoms with E-state index >= 15 is 0 Å². The van der Waals surface area contributed by atoms with Crippen molar-refractivity contribution in [3.63, 3.8) is 0 Å². The lowest BCUT2D eigenvalue weighted by atomic mass is 9.94. The summed E-state index contributed by atoms with van der Waals surface area (Å²) in [4.78, 5) is 13.2. The number of hydrogen-bond acceptors (Lipinski definition) is 4. The van der Waals surface area contributed by atoms with Gasteiger partial charge in [-0.15, -0.1) is 11.3 Å². The van der Waals surface area contributed by atoms with Crippen LogP contribution < -0.4 is 10.8 Å². The summed E-state index contributed by atoms with van der Waals surface area (Å²) in [7, 11) is 0. The van der Waals surface area contributed by atoms with E-state index in [1.165, 1.54) is 21.6 Å². The molecule has 5 aromatic carbocycles. The van der Waals surface area contributed by atoms with Gasteiger partial charge in [-0.3, -0.25) is 0 Å². The number of thiophene rings is 1. The number of nitrogens with zero attached hydrogens (tertiary/aromatic N) is 2. The molecule has 5 heterocycles. The lowest BCUT2D eigenvalue weighted by Crippen LogP contribution is -2.15. The standard InChI is InChI=1S/C53H38N2OS/c1-33-12-18-37(19-13-33)51-43-25-24-42(54-43)50(36-8-5-4-6-9-36)41-11-7-10-40(32-41)48-30-31-49(57-48)53(39-22-16-35(3)17-23-39)45-27-26-44(55-45)52(47-29-28-46(51)56-47)38-20-14-34(2)15-21-38/h4-32H,1-3H3. The van der Waals surface area contributed by atoms with Crippen molar-refractivity contribution in [2.45, 2.75) is 20.8 Å². The maximum Gasteiger partial charge on any atom is 0.137 e. The van der Waals surface area contributed by atoms with E-state index in [4.69, 9.17) is 14.4 Å². The molecule has 0 saturated heterocycles. The van der Waals surface area contributed by atoms with Gasteiger partial charge in [0.2, 0.25) is 0 Å². The molecule has 10 bridgehead atoms. The SMILES string of the molecule is Cc1ccc(C2=C3C=CC(=N3)C(c3ccc(C)cc3)=c3ccc(o3)=C(c3ccc(C)cc3)C3=NC(=C(c4ccccc4)c4cccc(c4)-c4ccc2s4)C=C3)cc1. The molecule has 57 heavy (non-hydrogen) atoms. The summed E-state index contributed by atoms with van der Waals surface area (Å²) >= 11 is 1.79. The maximum absolute atomic E-state index is 7.01. The van der Waals surface area contributed by atoms with Crippen molar-refractivity contribution in [3.8, 4) is 10.4 Å². The molecule has 3 aliphatic heterocycles. The van der Waals surface area contributed by atoms with Gasteiger partial charge in [0.15, 0.2) is 0 Å². The normalized spacial score (nSPS) is 14.8. The third-order valence-corrected chi connectivity index (χ3v) is 11.9. The minimum Gasteiger partial charge on any atom is -0.456 e. The van der Waals surface area contributed by atoms with Crippen molar-refractivity contribution in [2.75, 3.05) is 0 Å². The molecule has 0 aliphatic carbocycles. The number of furan rings is 1. The summed E-state index contributed by atoms with van der Waals surface area (Å²) in [5.41, 5.74) is 19.3. The zero-order valence-corrected chi connectivity index (χ0v) is 32.8. The minimum absolute atomic E-state index is 0.744. The van der Waals surface area contributed by atoms with E-state index in [2.05, 4.69) is 197 Å². The van der Waals surface area contributed by atoms with E-state index in [0.717, 1.165) is 94.2 Å². The van der Waals surface area contributed by atoms with Gasteiger partial charge in [0.25, 0.3) is 0 Å². The second-order valence-corrected chi connectivity index (χ2v) is 15.9. The maximum atomic E-state index is 7.01. The Bertz CT molecular complexity index is 3030. The molecule has 3 nitrogen and oxygen atoms in total. The first-order valence-electron chi connectivity index (χ1n) is 19.3. The molecule has 0 spiro atoms. The fraction of sp³-hybridized carbons (Fsp3) is 0.0566. The van der Waals surface area contributed by atoms with Crippen LogP contribution in [0, 0.1) is 20.8 Å². The van der Waals surface area contributed by atoms with E-state index in [1.807, 2.05) is 0 Å². The number of aliphatic imine (C=N–C) groups is 2. The molecule has 0 radical (unpaired) electrons. The van der Waals surface area contributed by atoms with Crippen LogP contribution in [0.15, 0.2) is 202 Å². The monoisotopic (exact) mass is 750 g/mol. The molecule has 0 atom stereocenters. The van der Waals surface area contributed by atoms with Crippen LogP contribution in [0.1, 0.15) is 49.4 Å². The van der Waals surface area contributed by atoms with Gasteiger partial charge in [0.05, 0.1) is 34.0 Å². The molecular formula is C53H38N2OS. The van der Waals surface area contributed by atoms with Crippen LogP contribution in [0.2, 0.25) is 0 Å². The average Bonchev–Trinajstić information content (AvgIpc) is 4.08. The van der Waals surface area contributed by atoms with E-state index in [1.54, 1.807) is 11.3 Å². The Kier molecular flexibility index (Phi) is 8.69. The Labute approximate surface area is 336 Å². The van der Waals surface area contributed by atoms with Crippen LogP contribution in [0.5, 0.6) is 0 Å². The summed E-state index contributed by atoms with van der Waals surface area (Å²) in [6, 6.07) is 54.1. The van der Waals surface area contributed by atoms with Crippen LogP contribution in [0.25, 0.3) is 32.7 Å². The van der Waals surface area contributed by atoms with E-state index in [-0.39, 0.29) is 0 Å². The highest BCUT2D eigenvalue weighted by atomic mass is 32.1. The lowest BCUT2D eigenvalue weighted by Gasteiger charge is -2.12. The van der Waals surface area contributed by atoms with Crippen molar-refractivity contribution in [1.29, 1.82) is 0 Å². The topological polar surface area (TPSA) is 37.9 Å². The summed E-state index contributed by atoms with van der Waals surface area (Å²) in [6.07, 6.45) is 8.56. The average molecular weight is 751 g/mol. The second kappa shape index (κ2) is 14.3. The first kappa shape index (κ1) is 34.6. The Morgan fingerprint density at radius 1 is 0.368 bits per heavy atom. The van der Waals surface area contributed by atoms with Gasteiger partial charge in [-0.05, 0) is 109 Å². The molecular weight excluding hydrogens is 713 g/mol. The molecule has 7 aromatic rings. The van der Waals surface area contributed by atoms with E-state index < -0.39 is 0 Å². The molecule has 0 fully saturated rings. The van der Waals surface area contributed by atoms with Crippen molar-refractivity contribution >= 4 is 45.1 Å². The summed E-state index contributed by atoms with van der Waals surface area (Å²) in [5.74, 6) is 0. The third kappa shape index (κ3) is 6.54. The Hall–Kier alpha value is -6.88. The number of allylic oxidation sites excluding steroid dienone is 4. The van der Waals surface area contributed by atoms with Gasteiger partial charge >= 0.3 is 0 Å². The Balaban J connectivity index is 1.32. The first-order chi connectivity index (χ1) is 27.9. The summed E-state index contributed by atoms with van der Waals surface area (Å²) in [5, 5.41) is 0. The van der Waals surface area contributed by atoms with Crippen molar-refractivity contribution in [2.24, 2.45) is 9.98 Å². The van der Waals surface area contributed by atoms with Gasteiger partial charge in [-0.1, -0.05) is 138 Å². The van der Waals surface area contributed by atoms with Crippen LogP contribution in [0.4, 0.5) is 0 Å². The molecule has 10 rings (SSSR count). The molecule has 3 aliphatic rings. The zero-order chi connectivity index (χ0) is 38.5. The highest BCUT2D eigenvalue weighted by Gasteiger charge is 2.23. The number of benzene rings is 5.